The lowest BCUT2D eigenvalue weighted by atomic mass is 10.1. The monoisotopic (exact) mass is 246 g/mol. The van der Waals surface area contributed by atoms with Crippen molar-refractivity contribution in [1.29, 1.82) is 0 Å². The first-order chi connectivity index (χ1) is 8.83. The number of phenols is 1. The van der Waals surface area contributed by atoms with E-state index in [2.05, 4.69) is 10.3 Å². The highest BCUT2D eigenvalue weighted by Crippen LogP contribution is 2.22. The first-order valence-corrected chi connectivity index (χ1v) is 6.51. The van der Waals surface area contributed by atoms with Crippen molar-refractivity contribution in [1.82, 2.24) is 5.32 Å². The first kappa shape index (κ1) is 11.5. The van der Waals surface area contributed by atoms with E-state index in [-0.39, 0.29) is 6.04 Å². The average molecular weight is 246 g/mol. The van der Waals surface area contributed by atoms with Crippen molar-refractivity contribution in [3.05, 3.63) is 29.8 Å². The Morgan fingerprint density at radius 3 is 3.06 bits per heavy atom. The van der Waals surface area contributed by atoms with Crippen molar-refractivity contribution in [3.8, 4) is 5.75 Å². The Labute approximate surface area is 107 Å². The van der Waals surface area contributed by atoms with Crippen molar-refractivity contribution in [3.63, 3.8) is 0 Å². The molecule has 96 valence electrons. The Bertz CT molecular complexity index is 453. The molecule has 0 radical (unpaired) electrons. The summed E-state index contributed by atoms with van der Waals surface area (Å²) in [6.07, 6.45) is 1.86. The second kappa shape index (κ2) is 4.98. The van der Waals surface area contributed by atoms with E-state index in [0.29, 0.717) is 18.3 Å². The van der Waals surface area contributed by atoms with Gasteiger partial charge >= 0.3 is 0 Å². The highest BCUT2D eigenvalue weighted by molar-refractivity contribution is 5.80. The maximum absolute atomic E-state index is 9.75. The third kappa shape index (κ3) is 2.34. The van der Waals surface area contributed by atoms with Gasteiger partial charge in [0.2, 0.25) is 0 Å². The van der Waals surface area contributed by atoms with E-state index in [0.717, 1.165) is 37.4 Å². The second-order valence-corrected chi connectivity index (χ2v) is 4.95. The maximum Gasteiger partial charge on any atom is 0.188 e. The molecule has 4 nitrogen and oxygen atoms in total. The van der Waals surface area contributed by atoms with Crippen LogP contribution in [0.15, 0.2) is 29.3 Å². The van der Waals surface area contributed by atoms with Crippen LogP contribution in [-0.4, -0.2) is 36.7 Å². The molecule has 1 fully saturated rings. The molecule has 0 aliphatic carbocycles. The average Bonchev–Trinajstić information content (AvgIpc) is 3.02. The minimum atomic E-state index is 0.147. The largest absolute Gasteiger partial charge is 0.508 e. The molecule has 0 saturated carbocycles. The molecule has 3 rings (SSSR count). The SMILES string of the molecule is Oc1ccccc1CC1COC(C2CCNC2)=N1. The number of hydrogen-bond acceptors (Lipinski definition) is 4. The van der Waals surface area contributed by atoms with Gasteiger partial charge in [0, 0.05) is 18.9 Å². The summed E-state index contributed by atoms with van der Waals surface area (Å²) < 4.78 is 5.69. The van der Waals surface area contributed by atoms with Crippen LogP contribution in [-0.2, 0) is 11.2 Å². The fourth-order valence-electron chi connectivity index (χ4n) is 2.57. The van der Waals surface area contributed by atoms with Gasteiger partial charge in [-0.1, -0.05) is 18.2 Å². The number of benzene rings is 1. The summed E-state index contributed by atoms with van der Waals surface area (Å²) in [5.74, 6) is 1.70. The summed E-state index contributed by atoms with van der Waals surface area (Å²) >= 11 is 0. The van der Waals surface area contributed by atoms with E-state index in [9.17, 15) is 5.11 Å². The molecule has 2 aliphatic rings. The number of nitrogens with zero attached hydrogens (tertiary/aromatic N) is 1. The molecule has 18 heavy (non-hydrogen) atoms. The summed E-state index contributed by atoms with van der Waals surface area (Å²) in [4.78, 5) is 4.65. The van der Waals surface area contributed by atoms with Crippen molar-refractivity contribution < 1.29 is 9.84 Å². The molecule has 1 aromatic rings. The number of para-hydroxylation sites is 1. The molecule has 4 heteroatoms. The Balaban J connectivity index is 1.66. The lowest BCUT2D eigenvalue weighted by Gasteiger charge is -2.06. The molecule has 2 N–H and O–H groups in total. The highest BCUT2D eigenvalue weighted by atomic mass is 16.5. The molecular weight excluding hydrogens is 228 g/mol. The molecule has 2 aliphatic heterocycles. The van der Waals surface area contributed by atoms with E-state index in [1.165, 1.54) is 0 Å². The van der Waals surface area contributed by atoms with Crippen LogP contribution in [0, 0.1) is 5.92 Å². The van der Waals surface area contributed by atoms with E-state index in [1.807, 2.05) is 18.2 Å². The first-order valence-electron chi connectivity index (χ1n) is 6.51. The van der Waals surface area contributed by atoms with Crippen molar-refractivity contribution in [2.24, 2.45) is 10.9 Å². The van der Waals surface area contributed by atoms with Gasteiger partial charge in [0.1, 0.15) is 12.4 Å². The zero-order valence-corrected chi connectivity index (χ0v) is 10.3. The number of hydrogen-bond donors (Lipinski definition) is 2. The predicted molar refractivity (Wildman–Crippen MR) is 70.0 cm³/mol. The Hall–Kier alpha value is -1.55. The van der Waals surface area contributed by atoms with Gasteiger partial charge in [-0.3, -0.25) is 0 Å². The van der Waals surface area contributed by atoms with Crippen LogP contribution in [0.4, 0.5) is 0 Å². The van der Waals surface area contributed by atoms with Crippen molar-refractivity contribution in [2.45, 2.75) is 18.9 Å². The minimum absolute atomic E-state index is 0.147. The molecule has 0 amide bonds. The lowest BCUT2D eigenvalue weighted by molar-refractivity contribution is 0.298. The fraction of sp³-hybridized carbons (Fsp3) is 0.500. The topological polar surface area (TPSA) is 53.9 Å². The summed E-state index contributed by atoms with van der Waals surface area (Å²) in [6.45, 7) is 2.67. The van der Waals surface area contributed by atoms with Crippen molar-refractivity contribution >= 4 is 5.90 Å². The summed E-state index contributed by atoms with van der Waals surface area (Å²) in [6, 6.07) is 7.59. The minimum Gasteiger partial charge on any atom is -0.508 e. The third-order valence-electron chi connectivity index (χ3n) is 3.59. The van der Waals surface area contributed by atoms with Gasteiger partial charge in [-0.05, 0) is 24.6 Å². The number of nitrogens with one attached hydrogen (secondary N) is 1. The zero-order chi connectivity index (χ0) is 12.4. The molecule has 2 heterocycles. The molecular formula is C14H18N2O2. The lowest BCUT2D eigenvalue weighted by Crippen LogP contribution is -2.17. The van der Waals surface area contributed by atoms with Gasteiger partial charge in [-0.15, -0.1) is 0 Å². The van der Waals surface area contributed by atoms with Gasteiger partial charge in [-0.2, -0.15) is 0 Å². The van der Waals surface area contributed by atoms with E-state index in [1.54, 1.807) is 6.07 Å². The molecule has 1 aromatic carbocycles. The normalized spacial score (nSPS) is 27.0. The Kier molecular flexibility index (Phi) is 3.19. The van der Waals surface area contributed by atoms with Gasteiger partial charge < -0.3 is 15.2 Å². The summed E-state index contributed by atoms with van der Waals surface area (Å²) in [7, 11) is 0. The maximum atomic E-state index is 9.75. The molecule has 2 unspecified atom stereocenters. The van der Waals surface area contributed by atoms with Crippen LogP contribution >= 0.6 is 0 Å². The number of ether oxygens (including phenoxy) is 1. The van der Waals surface area contributed by atoms with Gasteiger partial charge in [0.25, 0.3) is 0 Å². The summed E-state index contributed by atoms with van der Waals surface area (Å²) in [5.41, 5.74) is 0.945. The van der Waals surface area contributed by atoms with Crippen LogP contribution in [0.1, 0.15) is 12.0 Å². The van der Waals surface area contributed by atoms with Crippen LogP contribution in [0.3, 0.4) is 0 Å². The fourth-order valence-corrected chi connectivity index (χ4v) is 2.57. The van der Waals surface area contributed by atoms with Crippen LogP contribution in [0.25, 0.3) is 0 Å². The van der Waals surface area contributed by atoms with E-state index >= 15 is 0 Å². The Morgan fingerprint density at radius 2 is 2.28 bits per heavy atom. The van der Waals surface area contributed by atoms with Crippen LogP contribution < -0.4 is 5.32 Å². The van der Waals surface area contributed by atoms with Gasteiger partial charge in [-0.25, -0.2) is 4.99 Å². The van der Waals surface area contributed by atoms with Gasteiger partial charge in [0.05, 0.1) is 6.04 Å². The molecule has 0 spiro atoms. The molecule has 0 bridgehead atoms. The van der Waals surface area contributed by atoms with E-state index < -0.39 is 0 Å². The smallest absolute Gasteiger partial charge is 0.188 e. The standard InChI is InChI=1S/C14H18N2O2/c17-13-4-2-1-3-10(13)7-12-9-18-14(16-12)11-5-6-15-8-11/h1-4,11-12,15,17H,5-9H2. The predicted octanol–water partition coefficient (Wildman–Crippen LogP) is 1.34. The van der Waals surface area contributed by atoms with Gasteiger partial charge in [0.15, 0.2) is 5.90 Å². The highest BCUT2D eigenvalue weighted by Gasteiger charge is 2.28. The second-order valence-electron chi connectivity index (χ2n) is 4.95. The van der Waals surface area contributed by atoms with Crippen LogP contribution in [0.2, 0.25) is 0 Å². The zero-order valence-electron chi connectivity index (χ0n) is 10.3. The number of phenolic OH excluding ortho intramolecular Hbond substituents is 1. The molecule has 1 saturated heterocycles. The molecule has 2 atom stereocenters. The molecule has 0 aromatic heterocycles. The number of aliphatic imine (C=N–C) groups is 1. The van der Waals surface area contributed by atoms with Crippen molar-refractivity contribution in [2.75, 3.05) is 19.7 Å². The third-order valence-corrected chi connectivity index (χ3v) is 3.59. The van der Waals surface area contributed by atoms with Crippen LogP contribution in [0.5, 0.6) is 5.75 Å². The number of rotatable bonds is 3. The van der Waals surface area contributed by atoms with E-state index in [4.69, 9.17) is 4.74 Å². The summed E-state index contributed by atoms with van der Waals surface area (Å²) in [5, 5.41) is 13.1. The Morgan fingerprint density at radius 1 is 1.39 bits per heavy atom. The quantitative estimate of drug-likeness (QED) is 0.846. The number of aromatic hydroxyl groups is 1.